The third-order valence-corrected chi connectivity index (χ3v) is 3.75. The lowest BCUT2D eigenvalue weighted by molar-refractivity contribution is -0.171. The highest BCUT2D eigenvalue weighted by atomic mass is 16.6. The lowest BCUT2D eigenvalue weighted by Gasteiger charge is -2.45. The van der Waals surface area contributed by atoms with Crippen LogP contribution in [-0.2, 0) is 9.47 Å². The SMILES string of the molecule is CCCNC1CC(OC(C)C(C)C)C1OCCC. The second-order valence-corrected chi connectivity index (χ2v) is 5.76. The van der Waals surface area contributed by atoms with E-state index in [2.05, 4.69) is 39.9 Å². The van der Waals surface area contributed by atoms with Gasteiger partial charge in [-0.15, -0.1) is 0 Å². The Hall–Kier alpha value is -0.120. The van der Waals surface area contributed by atoms with Gasteiger partial charge < -0.3 is 14.8 Å². The smallest absolute Gasteiger partial charge is 0.0990 e. The molecule has 1 aliphatic rings. The molecule has 0 saturated heterocycles. The molecule has 0 aliphatic heterocycles. The van der Waals surface area contributed by atoms with Crippen molar-refractivity contribution in [3.63, 3.8) is 0 Å². The lowest BCUT2D eigenvalue weighted by Crippen LogP contribution is -2.61. The number of hydrogen-bond donors (Lipinski definition) is 1. The maximum absolute atomic E-state index is 6.10. The van der Waals surface area contributed by atoms with Crippen molar-refractivity contribution in [3.05, 3.63) is 0 Å². The first kappa shape index (κ1) is 15.9. The van der Waals surface area contributed by atoms with Crippen molar-refractivity contribution in [3.8, 4) is 0 Å². The Bertz CT molecular complexity index is 221. The summed E-state index contributed by atoms with van der Waals surface area (Å²) in [5.41, 5.74) is 0. The molecule has 3 nitrogen and oxygen atoms in total. The van der Waals surface area contributed by atoms with E-state index in [0.717, 1.165) is 26.0 Å². The Morgan fingerprint density at radius 1 is 1.17 bits per heavy atom. The van der Waals surface area contributed by atoms with Crippen LogP contribution in [-0.4, -0.2) is 37.5 Å². The van der Waals surface area contributed by atoms with Gasteiger partial charge in [0.25, 0.3) is 0 Å². The summed E-state index contributed by atoms with van der Waals surface area (Å²) in [7, 11) is 0. The Morgan fingerprint density at radius 2 is 1.89 bits per heavy atom. The zero-order chi connectivity index (χ0) is 13.5. The van der Waals surface area contributed by atoms with Crippen LogP contribution in [0.25, 0.3) is 0 Å². The summed E-state index contributed by atoms with van der Waals surface area (Å²) in [5, 5.41) is 3.56. The van der Waals surface area contributed by atoms with Gasteiger partial charge in [0.2, 0.25) is 0 Å². The predicted octanol–water partition coefficient (Wildman–Crippen LogP) is 2.98. The largest absolute Gasteiger partial charge is 0.374 e. The van der Waals surface area contributed by atoms with Gasteiger partial charge in [0, 0.05) is 12.6 Å². The molecule has 4 atom stereocenters. The fraction of sp³-hybridized carbons (Fsp3) is 1.00. The van der Waals surface area contributed by atoms with Gasteiger partial charge in [-0.05, 0) is 38.6 Å². The van der Waals surface area contributed by atoms with Gasteiger partial charge in [0.05, 0.1) is 18.3 Å². The van der Waals surface area contributed by atoms with Gasteiger partial charge >= 0.3 is 0 Å². The molecule has 1 fully saturated rings. The van der Waals surface area contributed by atoms with E-state index in [0.29, 0.717) is 18.1 Å². The molecular weight excluding hydrogens is 226 g/mol. The number of hydrogen-bond acceptors (Lipinski definition) is 3. The number of nitrogens with one attached hydrogen (secondary N) is 1. The molecule has 0 aromatic rings. The second-order valence-electron chi connectivity index (χ2n) is 5.76. The topological polar surface area (TPSA) is 30.5 Å². The zero-order valence-electron chi connectivity index (χ0n) is 12.7. The highest BCUT2D eigenvalue weighted by Gasteiger charge is 2.43. The highest BCUT2D eigenvalue weighted by Crippen LogP contribution is 2.29. The summed E-state index contributed by atoms with van der Waals surface area (Å²) < 4.78 is 12.0. The molecule has 0 heterocycles. The normalized spacial score (nSPS) is 29.3. The van der Waals surface area contributed by atoms with Crippen LogP contribution < -0.4 is 5.32 Å². The van der Waals surface area contributed by atoms with E-state index in [1.165, 1.54) is 6.42 Å². The first-order valence-electron chi connectivity index (χ1n) is 7.60. The molecule has 0 spiro atoms. The van der Waals surface area contributed by atoms with E-state index in [-0.39, 0.29) is 12.2 Å². The molecule has 1 N–H and O–H groups in total. The summed E-state index contributed by atoms with van der Waals surface area (Å²) in [5.74, 6) is 0.569. The minimum atomic E-state index is 0.248. The molecule has 3 heteroatoms. The van der Waals surface area contributed by atoms with Crippen LogP contribution in [0.15, 0.2) is 0 Å². The van der Waals surface area contributed by atoms with Crippen molar-refractivity contribution in [1.82, 2.24) is 5.32 Å². The van der Waals surface area contributed by atoms with Crippen molar-refractivity contribution in [1.29, 1.82) is 0 Å². The van der Waals surface area contributed by atoms with E-state index >= 15 is 0 Å². The van der Waals surface area contributed by atoms with E-state index in [1.54, 1.807) is 0 Å². The van der Waals surface area contributed by atoms with Crippen molar-refractivity contribution in [2.24, 2.45) is 5.92 Å². The Kier molecular flexibility index (Phi) is 7.20. The molecule has 4 unspecified atom stereocenters. The van der Waals surface area contributed by atoms with Crippen molar-refractivity contribution in [2.45, 2.75) is 78.2 Å². The van der Waals surface area contributed by atoms with Gasteiger partial charge in [-0.2, -0.15) is 0 Å². The first-order valence-corrected chi connectivity index (χ1v) is 7.60. The minimum absolute atomic E-state index is 0.248. The van der Waals surface area contributed by atoms with Gasteiger partial charge in [-0.1, -0.05) is 27.7 Å². The zero-order valence-corrected chi connectivity index (χ0v) is 12.7. The highest BCUT2D eigenvalue weighted by molar-refractivity contribution is 4.97. The monoisotopic (exact) mass is 257 g/mol. The molecular formula is C15H31NO2. The molecule has 0 bridgehead atoms. The van der Waals surface area contributed by atoms with Gasteiger partial charge in [0.15, 0.2) is 0 Å². The van der Waals surface area contributed by atoms with Crippen LogP contribution in [0.4, 0.5) is 0 Å². The first-order chi connectivity index (χ1) is 8.60. The molecule has 0 amide bonds. The lowest BCUT2D eigenvalue weighted by atomic mass is 9.84. The average molecular weight is 257 g/mol. The maximum atomic E-state index is 6.10. The summed E-state index contributed by atoms with van der Waals surface area (Å²) in [4.78, 5) is 0. The Labute approximate surface area is 113 Å². The van der Waals surface area contributed by atoms with E-state index < -0.39 is 0 Å². The quantitative estimate of drug-likeness (QED) is 0.689. The van der Waals surface area contributed by atoms with Gasteiger partial charge in [0.1, 0.15) is 0 Å². The van der Waals surface area contributed by atoms with Crippen LogP contribution in [0.1, 0.15) is 53.9 Å². The molecule has 0 aromatic carbocycles. The standard InChI is InChI=1S/C15H31NO2/c1-6-8-16-13-10-14(15(13)17-9-7-2)18-12(5)11(3)4/h11-16H,6-10H2,1-5H3. The number of rotatable bonds is 9. The Morgan fingerprint density at radius 3 is 2.44 bits per heavy atom. The van der Waals surface area contributed by atoms with Crippen LogP contribution in [0.2, 0.25) is 0 Å². The molecule has 108 valence electrons. The molecule has 1 aliphatic carbocycles. The van der Waals surface area contributed by atoms with Crippen LogP contribution in [0.3, 0.4) is 0 Å². The fourth-order valence-corrected chi connectivity index (χ4v) is 2.15. The predicted molar refractivity (Wildman–Crippen MR) is 75.9 cm³/mol. The number of ether oxygens (including phenoxy) is 2. The third-order valence-electron chi connectivity index (χ3n) is 3.75. The average Bonchev–Trinajstić information content (AvgIpc) is 2.32. The van der Waals surface area contributed by atoms with Crippen LogP contribution in [0, 0.1) is 5.92 Å². The fourth-order valence-electron chi connectivity index (χ4n) is 2.15. The maximum Gasteiger partial charge on any atom is 0.0990 e. The van der Waals surface area contributed by atoms with Crippen molar-refractivity contribution >= 4 is 0 Å². The minimum Gasteiger partial charge on any atom is -0.374 e. The molecule has 1 rings (SSSR count). The molecule has 18 heavy (non-hydrogen) atoms. The van der Waals surface area contributed by atoms with Crippen LogP contribution in [0.5, 0.6) is 0 Å². The molecule has 0 aromatic heterocycles. The molecule has 0 radical (unpaired) electrons. The second kappa shape index (κ2) is 8.13. The van der Waals surface area contributed by atoms with Gasteiger partial charge in [-0.25, -0.2) is 0 Å². The van der Waals surface area contributed by atoms with E-state index in [9.17, 15) is 0 Å². The van der Waals surface area contributed by atoms with Crippen molar-refractivity contribution < 1.29 is 9.47 Å². The van der Waals surface area contributed by atoms with Gasteiger partial charge in [-0.3, -0.25) is 0 Å². The Balaban J connectivity index is 2.38. The van der Waals surface area contributed by atoms with Crippen LogP contribution >= 0.6 is 0 Å². The molecule has 1 saturated carbocycles. The summed E-state index contributed by atoms with van der Waals surface area (Å²) >= 11 is 0. The summed E-state index contributed by atoms with van der Waals surface area (Å²) in [6.45, 7) is 12.8. The third kappa shape index (κ3) is 4.52. The summed E-state index contributed by atoms with van der Waals surface area (Å²) in [6.07, 6.45) is 4.18. The van der Waals surface area contributed by atoms with E-state index in [1.807, 2.05) is 0 Å². The van der Waals surface area contributed by atoms with E-state index in [4.69, 9.17) is 9.47 Å². The summed E-state index contributed by atoms with van der Waals surface area (Å²) in [6, 6.07) is 0.487. The van der Waals surface area contributed by atoms with Crippen molar-refractivity contribution in [2.75, 3.05) is 13.2 Å².